The number of amides is 2. The number of pyridine rings is 1. The molecule has 1 aliphatic rings. The fourth-order valence-corrected chi connectivity index (χ4v) is 5.19. The summed E-state index contributed by atoms with van der Waals surface area (Å²) in [6, 6.07) is 15.6. The van der Waals surface area contributed by atoms with Gasteiger partial charge < -0.3 is 17.2 Å². The van der Waals surface area contributed by atoms with Gasteiger partial charge in [-0.2, -0.15) is 5.21 Å². The summed E-state index contributed by atoms with van der Waals surface area (Å²) in [6.45, 7) is 0.610. The van der Waals surface area contributed by atoms with Crippen LogP contribution in [0.1, 0.15) is 31.2 Å². The molecule has 4 aromatic rings. The second-order valence-corrected chi connectivity index (χ2v) is 10.3. The first-order valence-corrected chi connectivity index (χ1v) is 13.4. The van der Waals surface area contributed by atoms with Crippen molar-refractivity contribution < 1.29 is 9.59 Å². The number of hydrogen-bond donors (Lipinski definition) is 4. The Morgan fingerprint density at radius 2 is 1.63 bits per heavy atom. The Labute approximate surface area is 244 Å². The lowest BCUT2D eigenvalue weighted by molar-refractivity contribution is -0.130. The number of H-pyrrole nitrogens is 1. The molecule has 2 aromatic carbocycles. The number of nitrogens with two attached hydrogens (primary N) is 3. The molecule has 0 spiro atoms. The number of rotatable bonds is 8. The predicted molar refractivity (Wildman–Crippen MR) is 160 cm³/mol. The Hall–Kier alpha value is -4.19. The minimum absolute atomic E-state index is 0. The van der Waals surface area contributed by atoms with Crippen molar-refractivity contribution in [2.45, 2.75) is 38.1 Å². The van der Waals surface area contributed by atoms with Crippen LogP contribution in [0.5, 0.6) is 0 Å². The van der Waals surface area contributed by atoms with E-state index in [-0.39, 0.29) is 30.7 Å². The maximum atomic E-state index is 13.8. The topological polar surface area (TPSA) is 183 Å². The van der Waals surface area contributed by atoms with Crippen molar-refractivity contribution in [1.82, 2.24) is 25.6 Å². The first-order chi connectivity index (χ1) is 19.4. The average Bonchev–Trinajstić information content (AvgIpc) is 3.53. The number of aromatic nitrogens is 5. The molecule has 0 aliphatic heterocycles. The third-order valence-corrected chi connectivity index (χ3v) is 7.52. The number of aromatic amines is 1. The SMILES string of the molecule is Cl.NCC1CCC(C(=O)N(C(=O)[C@@H](N)Cc2ccc(-c3cncc(N)c3)cc2)c2ccc(-c3nn[nH]n3)cc2)CC1. The van der Waals surface area contributed by atoms with Crippen LogP contribution in [0, 0.1) is 11.8 Å². The zero-order chi connectivity index (χ0) is 28.1. The second-order valence-electron chi connectivity index (χ2n) is 10.3. The molecule has 1 atom stereocenters. The number of nitrogens with one attached hydrogen (secondary N) is 1. The van der Waals surface area contributed by atoms with Crippen LogP contribution < -0.4 is 22.1 Å². The van der Waals surface area contributed by atoms with E-state index in [9.17, 15) is 9.59 Å². The van der Waals surface area contributed by atoms with Crippen molar-refractivity contribution in [1.29, 1.82) is 0 Å². The molecule has 1 fully saturated rings. The summed E-state index contributed by atoms with van der Waals surface area (Å²) in [5.41, 5.74) is 22.7. The number of nitrogens with zero attached hydrogens (tertiary/aromatic N) is 5. The highest BCUT2D eigenvalue weighted by Crippen LogP contribution is 2.32. The van der Waals surface area contributed by atoms with Crippen molar-refractivity contribution in [3.8, 4) is 22.5 Å². The first kappa shape index (κ1) is 29.8. The van der Waals surface area contributed by atoms with E-state index in [1.54, 1.807) is 36.7 Å². The highest BCUT2D eigenvalue weighted by atomic mass is 35.5. The van der Waals surface area contributed by atoms with E-state index in [1.807, 2.05) is 30.3 Å². The van der Waals surface area contributed by atoms with Gasteiger partial charge in [-0.15, -0.1) is 22.6 Å². The normalized spacial score (nSPS) is 17.3. The molecule has 0 radical (unpaired) electrons. The lowest BCUT2D eigenvalue weighted by Crippen LogP contribution is -2.50. The molecule has 2 heterocycles. The third-order valence-electron chi connectivity index (χ3n) is 7.52. The molecule has 2 aromatic heterocycles. The first-order valence-electron chi connectivity index (χ1n) is 13.4. The monoisotopic (exact) mass is 575 g/mol. The van der Waals surface area contributed by atoms with Gasteiger partial charge in [-0.3, -0.25) is 14.6 Å². The van der Waals surface area contributed by atoms with Gasteiger partial charge in [0.05, 0.1) is 17.4 Å². The number of hydrogen-bond acceptors (Lipinski definition) is 9. The number of carbonyl (C=O) groups excluding carboxylic acids is 2. The van der Waals surface area contributed by atoms with Crippen LogP contribution in [0.25, 0.3) is 22.5 Å². The maximum Gasteiger partial charge on any atom is 0.251 e. The smallest absolute Gasteiger partial charge is 0.251 e. The van der Waals surface area contributed by atoms with Gasteiger partial charge in [0.2, 0.25) is 11.7 Å². The maximum absolute atomic E-state index is 13.8. The molecule has 12 heteroatoms. The molecular formula is C29H34ClN9O2. The summed E-state index contributed by atoms with van der Waals surface area (Å²) in [6.07, 6.45) is 6.74. The fourth-order valence-electron chi connectivity index (χ4n) is 5.19. The van der Waals surface area contributed by atoms with Crippen LogP contribution in [0.4, 0.5) is 11.4 Å². The van der Waals surface area contributed by atoms with Gasteiger partial charge in [-0.25, -0.2) is 4.90 Å². The molecule has 41 heavy (non-hydrogen) atoms. The summed E-state index contributed by atoms with van der Waals surface area (Å²) in [5, 5.41) is 14.0. The molecule has 7 N–H and O–H groups in total. The third kappa shape index (κ3) is 6.94. The van der Waals surface area contributed by atoms with Gasteiger partial charge in [0.25, 0.3) is 5.91 Å². The van der Waals surface area contributed by atoms with Gasteiger partial charge >= 0.3 is 0 Å². The van der Waals surface area contributed by atoms with E-state index < -0.39 is 11.9 Å². The summed E-state index contributed by atoms with van der Waals surface area (Å²) < 4.78 is 0. The van der Waals surface area contributed by atoms with Crippen LogP contribution in [0.15, 0.2) is 67.0 Å². The van der Waals surface area contributed by atoms with E-state index in [2.05, 4.69) is 25.6 Å². The number of benzene rings is 2. The highest BCUT2D eigenvalue weighted by Gasteiger charge is 2.35. The lowest BCUT2D eigenvalue weighted by Gasteiger charge is -2.32. The zero-order valence-corrected chi connectivity index (χ0v) is 23.3. The molecule has 5 rings (SSSR count). The minimum atomic E-state index is -0.916. The number of carbonyl (C=O) groups is 2. The molecule has 11 nitrogen and oxygen atoms in total. The molecule has 2 amide bonds. The van der Waals surface area contributed by atoms with Gasteiger partial charge in [-0.1, -0.05) is 24.3 Å². The summed E-state index contributed by atoms with van der Waals surface area (Å²) >= 11 is 0. The van der Waals surface area contributed by atoms with Gasteiger partial charge in [0.15, 0.2) is 0 Å². The summed E-state index contributed by atoms with van der Waals surface area (Å²) in [5.74, 6) is -0.0992. The number of imide groups is 1. The largest absolute Gasteiger partial charge is 0.397 e. The van der Waals surface area contributed by atoms with Crippen molar-refractivity contribution in [2.24, 2.45) is 23.3 Å². The van der Waals surface area contributed by atoms with Crippen LogP contribution in [-0.4, -0.2) is 50.0 Å². The summed E-state index contributed by atoms with van der Waals surface area (Å²) in [7, 11) is 0. The van der Waals surface area contributed by atoms with Crippen LogP contribution in [0.2, 0.25) is 0 Å². The van der Waals surface area contributed by atoms with Crippen LogP contribution >= 0.6 is 12.4 Å². The van der Waals surface area contributed by atoms with Gasteiger partial charge in [0.1, 0.15) is 0 Å². The molecule has 1 saturated carbocycles. The Morgan fingerprint density at radius 1 is 0.951 bits per heavy atom. The van der Waals surface area contributed by atoms with Crippen LogP contribution in [-0.2, 0) is 16.0 Å². The Kier molecular flexibility index (Phi) is 9.77. The average molecular weight is 576 g/mol. The Morgan fingerprint density at radius 3 is 2.24 bits per heavy atom. The molecule has 1 aliphatic carbocycles. The van der Waals surface area contributed by atoms with Crippen molar-refractivity contribution in [3.05, 3.63) is 72.6 Å². The molecule has 214 valence electrons. The Bertz CT molecular complexity index is 1440. The van der Waals surface area contributed by atoms with E-state index in [0.717, 1.165) is 29.5 Å². The second kappa shape index (κ2) is 13.4. The van der Waals surface area contributed by atoms with Crippen LogP contribution in [0.3, 0.4) is 0 Å². The fraction of sp³-hybridized carbons (Fsp3) is 0.310. The Balaban J connectivity index is 0.00000387. The van der Waals surface area contributed by atoms with Crippen molar-refractivity contribution in [3.63, 3.8) is 0 Å². The van der Waals surface area contributed by atoms with Gasteiger partial charge in [-0.05, 0) is 91.2 Å². The number of nitrogen functional groups attached to an aromatic ring is 1. The quantitative estimate of drug-likeness (QED) is 0.245. The summed E-state index contributed by atoms with van der Waals surface area (Å²) in [4.78, 5) is 33.0. The van der Waals surface area contributed by atoms with E-state index in [0.29, 0.717) is 48.1 Å². The molecule has 0 bridgehead atoms. The van der Waals surface area contributed by atoms with E-state index in [4.69, 9.17) is 17.2 Å². The minimum Gasteiger partial charge on any atom is -0.397 e. The number of anilines is 2. The number of halogens is 1. The van der Waals surface area contributed by atoms with E-state index >= 15 is 0 Å². The van der Waals surface area contributed by atoms with Crippen molar-refractivity contribution >= 4 is 35.6 Å². The molecular weight excluding hydrogens is 542 g/mol. The van der Waals surface area contributed by atoms with E-state index in [1.165, 1.54) is 4.90 Å². The van der Waals surface area contributed by atoms with Gasteiger partial charge in [0, 0.05) is 29.4 Å². The standard InChI is InChI=1S/C29H33N9O2.ClH/c30-15-19-3-7-22(8-4-19)28(39)38(25-11-9-21(10-12-25)27-34-36-37-35-27)29(40)26(32)13-18-1-5-20(6-2-18)23-14-24(31)17-33-16-23;/h1-2,5-6,9-12,14,16-17,19,22,26H,3-4,7-8,13,15,30-32H2,(H,34,35,36,37);1H/t19?,22?,26-;/m0./s1. The number of tetrazole rings is 1. The molecule has 0 unspecified atom stereocenters. The zero-order valence-electron chi connectivity index (χ0n) is 22.5. The predicted octanol–water partition coefficient (Wildman–Crippen LogP) is 3.13. The lowest BCUT2D eigenvalue weighted by atomic mass is 9.81. The molecule has 0 saturated heterocycles. The highest BCUT2D eigenvalue weighted by molar-refractivity contribution is 6.17. The van der Waals surface area contributed by atoms with Crippen molar-refractivity contribution in [2.75, 3.05) is 17.2 Å².